The number of hydrogen-bond donors (Lipinski definition) is 0. The van der Waals surface area contributed by atoms with E-state index in [1.807, 2.05) is 0 Å². The lowest BCUT2D eigenvalue weighted by Crippen LogP contribution is -2.04. The minimum atomic E-state index is 0.712. The van der Waals surface area contributed by atoms with Gasteiger partial charge in [0.25, 0.3) is 0 Å². The molecule has 0 saturated heterocycles. The first-order valence-electron chi connectivity index (χ1n) is 5.50. The summed E-state index contributed by atoms with van der Waals surface area (Å²) in [5.41, 5.74) is 5.30. The number of aromatic nitrogens is 1. The monoisotopic (exact) mass is 191 g/mol. The third kappa shape index (κ3) is 2.57. The highest BCUT2D eigenvalue weighted by atomic mass is 14.7. The Morgan fingerprint density at radius 1 is 1.29 bits per heavy atom. The van der Waals surface area contributed by atoms with Crippen molar-refractivity contribution in [2.24, 2.45) is 5.92 Å². The fourth-order valence-corrected chi connectivity index (χ4v) is 1.94. The van der Waals surface area contributed by atoms with E-state index in [9.17, 15) is 0 Å². The molecular weight excluding hydrogens is 170 g/mol. The van der Waals surface area contributed by atoms with Crippen LogP contribution < -0.4 is 0 Å². The predicted octanol–water partition coefficient (Wildman–Crippen LogP) is 3.46. The van der Waals surface area contributed by atoms with Crippen LogP contribution in [0.5, 0.6) is 0 Å². The van der Waals surface area contributed by atoms with E-state index in [1.165, 1.54) is 16.8 Å². The van der Waals surface area contributed by atoms with Crippen LogP contribution in [-0.4, -0.2) is 4.98 Å². The molecule has 0 N–H and O–H groups in total. The Morgan fingerprint density at radius 3 is 2.43 bits per heavy atom. The van der Waals surface area contributed by atoms with Crippen LogP contribution in [-0.2, 0) is 12.8 Å². The normalized spacial score (nSPS) is 11.0. The lowest BCUT2D eigenvalue weighted by molar-refractivity contribution is 0.637. The van der Waals surface area contributed by atoms with Crippen LogP contribution in [0.3, 0.4) is 0 Å². The molecule has 1 rings (SSSR count). The Balaban J connectivity index is 3.11. The standard InChI is InChI=1S/C13H21N/c1-6-12-8-10(4)14-11(5)13(12)7-9(2)3/h8-9H,6-7H2,1-5H3. The van der Waals surface area contributed by atoms with Gasteiger partial charge >= 0.3 is 0 Å². The zero-order chi connectivity index (χ0) is 10.7. The van der Waals surface area contributed by atoms with E-state index in [4.69, 9.17) is 0 Å². The summed E-state index contributed by atoms with van der Waals surface area (Å²) in [6, 6.07) is 2.23. The smallest absolute Gasteiger partial charge is 0.0410 e. The number of hydrogen-bond acceptors (Lipinski definition) is 1. The molecule has 0 atom stereocenters. The van der Waals surface area contributed by atoms with Gasteiger partial charge in [0.05, 0.1) is 0 Å². The minimum absolute atomic E-state index is 0.712. The second-order valence-electron chi connectivity index (χ2n) is 4.44. The second kappa shape index (κ2) is 4.59. The van der Waals surface area contributed by atoms with Crippen LogP contribution in [0.15, 0.2) is 6.07 Å². The first kappa shape index (κ1) is 11.2. The van der Waals surface area contributed by atoms with Crippen molar-refractivity contribution in [1.82, 2.24) is 4.98 Å². The van der Waals surface area contributed by atoms with Crippen LogP contribution in [0.25, 0.3) is 0 Å². The largest absolute Gasteiger partial charge is 0.258 e. The molecule has 0 aliphatic rings. The van der Waals surface area contributed by atoms with Crippen LogP contribution in [0.2, 0.25) is 0 Å². The Kier molecular flexibility index (Phi) is 3.68. The minimum Gasteiger partial charge on any atom is -0.258 e. The van der Waals surface area contributed by atoms with Gasteiger partial charge in [-0.05, 0) is 49.8 Å². The van der Waals surface area contributed by atoms with Crippen molar-refractivity contribution in [2.45, 2.75) is 47.5 Å². The molecule has 0 amide bonds. The van der Waals surface area contributed by atoms with Crippen molar-refractivity contribution in [3.05, 3.63) is 28.6 Å². The van der Waals surface area contributed by atoms with Gasteiger partial charge in [-0.3, -0.25) is 4.98 Å². The zero-order valence-corrected chi connectivity index (χ0v) is 10.0. The summed E-state index contributed by atoms with van der Waals surface area (Å²) in [6.45, 7) is 10.9. The average Bonchev–Trinajstić information content (AvgIpc) is 2.08. The molecule has 1 aromatic heterocycles. The van der Waals surface area contributed by atoms with E-state index < -0.39 is 0 Å². The van der Waals surface area contributed by atoms with Gasteiger partial charge in [-0.1, -0.05) is 20.8 Å². The summed E-state index contributed by atoms with van der Waals surface area (Å²) in [7, 11) is 0. The maximum atomic E-state index is 4.54. The van der Waals surface area contributed by atoms with E-state index in [0.29, 0.717) is 5.92 Å². The van der Waals surface area contributed by atoms with Gasteiger partial charge in [-0.25, -0.2) is 0 Å². The summed E-state index contributed by atoms with van der Waals surface area (Å²) < 4.78 is 0. The van der Waals surface area contributed by atoms with Gasteiger partial charge in [0.2, 0.25) is 0 Å². The number of aryl methyl sites for hydroxylation is 3. The Morgan fingerprint density at radius 2 is 1.93 bits per heavy atom. The van der Waals surface area contributed by atoms with Crippen molar-refractivity contribution in [3.63, 3.8) is 0 Å². The fourth-order valence-electron chi connectivity index (χ4n) is 1.94. The van der Waals surface area contributed by atoms with Gasteiger partial charge in [0, 0.05) is 11.4 Å². The zero-order valence-electron chi connectivity index (χ0n) is 10.0. The summed E-state index contributed by atoms with van der Waals surface area (Å²) in [4.78, 5) is 4.54. The van der Waals surface area contributed by atoms with Gasteiger partial charge in [0.1, 0.15) is 0 Å². The molecule has 1 heterocycles. The molecule has 0 saturated carbocycles. The highest BCUT2D eigenvalue weighted by Gasteiger charge is 2.08. The summed E-state index contributed by atoms with van der Waals surface area (Å²) in [6.07, 6.45) is 2.27. The van der Waals surface area contributed by atoms with Crippen LogP contribution in [0.4, 0.5) is 0 Å². The highest BCUT2D eigenvalue weighted by molar-refractivity contribution is 5.32. The quantitative estimate of drug-likeness (QED) is 0.713. The summed E-state index contributed by atoms with van der Waals surface area (Å²) in [5.74, 6) is 0.712. The third-order valence-corrected chi connectivity index (χ3v) is 2.54. The lowest BCUT2D eigenvalue weighted by Gasteiger charge is -2.13. The molecule has 1 aromatic rings. The fraction of sp³-hybridized carbons (Fsp3) is 0.615. The third-order valence-electron chi connectivity index (χ3n) is 2.54. The molecule has 14 heavy (non-hydrogen) atoms. The van der Waals surface area contributed by atoms with Crippen molar-refractivity contribution in [2.75, 3.05) is 0 Å². The van der Waals surface area contributed by atoms with Crippen molar-refractivity contribution < 1.29 is 0 Å². The van der Waals surface area contributed by atoms with Crippen molar-refractivity contribution in [3.8, 4) is 0 Å². The Hall–Kier alpha value is -0.850. The second-order valence-corrected chi connectivity index (χ2v) is 4.44. The highest BCUT2D eigenvalue weighted by Crippen LogP contribution is 2.18. The Labute approximate surface area is 87.6 Å². The molecule has 0 spiro atoms. The molecule has 0 aliphatic heterocycles. The SMILES string of the molecule is CCc1cc(C)nc(C)c1CC(C)C. The van der Waals surface area contributed by atoms with Gasteiger partial charge in [0.15, 0.2) is 0 Å². The first-order valence-corrected chi connectivity index (χ1v) is 5.50. The first-order chi connectivity index (χ1) is 6.54. The number of pyridine rings is 1. The van der Waals surface area contributed by atoms with Crippen LogP contribution in [0, 0.1) is 19.8 Å². The Bertz CT molecular complexity index is 313. The topological polar surface area (TPSA) is 12.9 Å². The molecule has 0 bridgehead atoms. The molecule has 0 unspecified atom stereocenters. The van der Waals surface area contributed by atoms with Crippen LogP contribution >= 0.6 is 0 Å². The molecular formula is C13H21N. The van der Waals surface area contributed by atoms with E-state index in [2.05, 4.69) is 45.7 Å². The maximum Gasteiger partial charge on any atom is 0.0410 e. The molecule has 0 fully saturated rings. The van der Waals surface area contributed by atoms with E-state index in [1.54, 1.807) is 0 Å². The van der Waals surface area contributed by atoms with Gasteiger partial charge in [-0.15, -0.1) is 0 Å². The lowest BCUT2D eigenvalue weighted by atomic mass is 9.95. The molecule has 1 heteroatoms. The summed E-state index contributed by atoms with van der Waals surface area (Å²) in [5, 5.41) is 0. The molecule has 0 radical (unpaired) electrons. The molecule has 78 valence electrons. The number of rotatable bonds is 3. The van der Waals surface area contributed by atoms with Crippen molar-refractivity contribution in [1.29, 1.82) is 0 Å². The van der Waals surface area contributed by atoms with Crippen LogP contribution in [0.1, 0.15) is 43.3 Å². The van der Waals surface area contributed by atoms with Gasteiger partial charge < -0.3 is 0 Å². The predicted molar refractivity (Wildman–Crippen MR) is 61.6 cm³/mol. The molecule has 0 aliphatic carbocycles. The maximum absolute atomic E-state index is 4.54. The average molecular weight is 191 g/mol. The molecule has 0 aromatic carbocycles. The molecule has 1 nitrogen and oxygen atoms in total. The van der Waals surface area contributed by atoms with E-state index >= 15 is 0 Å². The van der Waals surface area contributed by atoms with E-state index in [-0.39, 0.29) is 0 Å². The van der Waals surface area contributed by atoms with E-state index in [0.717, 1.165) is 18.5 Å². The van der Waals surface area contributed by atoms with Gasteiger partial charge in [-0.2, -0.15) is 0 Å². The summed E-state index contributed by atoms with van der Waals surface area (Å²) >= 11 is 0. The van der Waals surface area contributed by atoms with Crippen molar-refractivity contribution >= 4 is 0 Å². The number of nitrogens with zero attached hydrogens (tertiary/aromatic N) is 1.